The van der Waals surface area contributed by atoms with Gasteiger partial charge in [-0.3, -0.25) is 0 Å². The van der Waals surface area contributed by atoms with Gasteiger partial charge in [0.2, 0.25) is 0 Å². The Morgan fingerprint density at radius 1 is 1.05 bits per heavy atom. The van der Waals surface area contributed by atoms with E-state index >= 15 is 0 Å². The molecule has 1 atom stereocenters. The van der Waals surface area contributed by atoms with E-state index in [1.165, 1.54) is 0 Å². The molecule has 4 heteroatoms. The van der Waals surface area contributed by atoms with Crippen LogP contribution >= 0.6 is 11.6 Å². The van der Waals surface area contributed by atoms with Crippen molar-refractivity contribution >= 4 is 11.6 Å². The SMILES string of the molecule is COc1ccccc1C(CO)COc1ccccc1Cl. The third kappa shape index (κ3) is 3.44. The van der Waals surface area contributed by atoms with Crippen molar-refractivity contribution in [3.63, 3.8) is 0 Å². The molecule has 106 valence electrons. The summed E-state index contributed by atoms with van der Waals surface area (Å²) in [6.45, 7) is 0.311. The largest absolute Gasteiger partial charge is 0.496 e. The molecule has 2 aromatic carbocycles. The normalized spacial score (nSPS) is 11.9. The van der Waals surface area contributed by atoms with Crippen LogP contribution in [0.25, 0.3) is 0 Å². The minimum atomic E-state index is -0.164. The Balaban J connectivity index is 2.11. The van der Waals surface area contributed by atoms with Crippen molar-refractivity contribution in [2.75, 3.05) is 20.3 Å². The molecule has 1 N–H and O–H groups in total. The Labute approximate surface area is 123 Å². The molecule has 20 heavy (non-hydrogen) atoms. The number of rotatable bonds is 6. The molecule has 0 aliphatic heterocycles. The molecular weight excluding hydrogens is 276 g/mol. The van der Waals surface area contributed by atoms with Gasteiger partial charge in [-0.25, -0.2) is 0 Å². The Kier molecular flexibility index (Phi) is 5.27. The van der Waals surface area contributed by atoms with Crippen LogP contribution in [0.15, 0.2) is 48.5 Å². The molecule has 0 aliphatic carbocycles. The lowest BCUT2D eigenvalue weighted by atomic mass is 10.00. The van der Waals surface area contributed by atoms with Gasteiger partial charge in [0.05, 0.1) is 25.3 Å². The summed E-state index contributed by atoms with van der Waals surface area (Å²) in [5, 5.41) is 10.1. The summed E-state index contributed by atoms with van der Waals surface area (Å²) < 4.78 is 11.0. The van der Waals surface area contributed by atoms with E-state index in [2.05, 4.69) is 0 Å². The lowest BCUT2D eigenvalue weighted by Gasteiger charge is -2.18. The van der Waals surface area contributed by atoms with Gasteiger partial charge in [0.15, 0.2) is 0 Å². The summed E-state index contributed by atoms with van der Waals surface area (Å²) in [7, 11) is 1.61. The fourth-order valence-electron chi connectivity index (χ4n) is 2.00. The summed E-state index contributed by atoms with van der Waals surface area (Å²) in [6, 6.07) is 14.9. The molecular formula is C16H17ClO3. The standard InChI is InChI=1S/C16H17ClO3/c1-19-15-8-4-2-6-13(15)12(10-18)11-20-16-9-5-3-7-14(16)17/h2-9,12,18H,10-11H2,1H3. The predicted molar refractivity (Wildman–Crippen MR) is 79.8 cm³/mol. The van der Waals surface area contributed by atoms with E-state index < -0.39 is 0 Å². The highest BCUT2D eigenvalue weighted by atomic mass is 35.5. The van der Waals surface area contributed by atoms with Crippen LogP contribution in [0.3, 0.4) is 0 Å². The first-order valence-electron chi connectivity index (χ1n) is 6.37. The third-order valence-corrected chi connectivity index (χ3v) is 3.39. The Morgan fingerprint density at radius 3 is 2.35 bits per heavy atom. The quantitative estimate of drug-likeness (QED) is 0.885. The summed E-state index contributed by atoms with van der Waals surface area (Å²) in [4.78, 5) is 0. The highest BCUT2D eigenvalue weighted by Crippen LogP contribution is 2.29. The van der Waals surface area contributed by atoms with Crippen molar-refractivity contribution in [1.82, 2.24) is 0 Å². The van der Waals surface area contributed by atoms with Crippen LogP contribution in [0.4, 0.5) is 0 Å². The minimum Gasteiger partial charge on any atom is -0.496 e. The fraction of sp³-hybridized carbons (Fsp3) is 0.250. The fourth-order valence-corrected chi connectivity index (χ4v) is 2.19. The third-order valence-electron chi connectivity index (χ3n) is 3.08. The van der Waals surface area contributed by atoms with E-state index in [0.717, 1.165) is 11.3 Å². The van der Waals surface area contributed by atoms with Crippen molar-refractivity contribution in [2.24, 2.45) is 0 Å². The maximum absolute atomic E-state index is 9.58. The molecule has 1 unspecified atom stereocenters. The highest BCUT2D eigenvalue weighted by molar-refractivity contribution is 6.32. The van der Waals surface area contributed by atoms with Crippen molar-refractivity contribution in [3.8, 4) is 11.5 Å². The molecule has 0 heterocycles. The van der Waals surface area contributed by atoms with Crippen LogP contribution in [-0.2, 0) is 0 Å². The second kappa shape index (κ2) is 7.17. The molecule has 0 aromatic heterocycles. The monoisotopic (exact) mass is 292 g/mol. The van der Waals surface area contributed by atoms with Crippen LogP contribution in [0, 0.1) is 0 Å². The van der Waals surface area contributed by atoms with Crippen molar-refractivity contribution in [1.29, 1.82) is 0 Å². The number of ether oxygens (including phenoxy) is 2. The number of para-hydroxylation sites is 2. The molecule has 0 saturated carbocycles. The zero-order valence-corrected chi connectivity index (χ0v) is 12.0. The lowest BCUT2D eigenvalue weighted by molar-refractivity contribution is 0.202. The van der Waals surface area contributed by atoms with Crippen LogP contribution in [0.5, 0.6) is 11.5 Å². The number of halogens is 1. The zero-order chi connectivity index (χ0) is 14.4. The van der Waals surface area contributed by atoms with Gasteiger partial charge in [0.1, 0.15) is 11.5 Å². The molecule has 2 rings (SSSR count). The smallest absolute Gasteiger partial charge is 0.137 e. The average Bonchev–Trinajstić information content (AvgIpc) is 2.50. The van der Waals surface area contributed by atoms with Gasteiger partial charge in [-0.2, -0.15) is 0 Å². The number of hydrogen-bond donors (Lipinski definition) is 1. The maximum atomic E-state index is 9.58. The second-order valence-electron chi connectivity index (χ2n) is 4.36. The molecule has 2 aromatic rings. The summed E-state index contributed by atoms with van der Waals surface area (Å²) in [5.41, 5.74) is 0.921. The van der Waals surface area contributed by atoms with E-state index in [0.29, 0.717) is 17.4 Å². The Hall–Kier alpha value is -1.71. The van der Waals surface area contributed by atoms with Crippen molar-refractivity contribution in [3.05, 3.63) is 59.1 Å². The topological polar surface area (TPSA) is 38.7 Å². The van der Waals surface area contributed by atoms with E-state index in [-0.39, 0.29) is 12.5 Å². The van der Waals surface area contributed by atoms with E-state index in [4.69, 9.17) is 21.1 Å². The molecule has 3 nitrogen and oxygen atoms in total. The molecule has 0 amide bonds. The Bertz CT molecular complexity index is 557. The number of aliphatic hydroxyl groups is 1. The second-order valence-corrected chi connectivity index (χ2v) is 4.77. The first-order chi connectivity index (χ1) is 9.76. The summed E-state index contributed by atoms with van der Waals surface area (Å²) >= 11 is 6.04. The highest BCUT2D eigenvalue weighted by Gasteiger charge is 2.16. The van der Waals surface area contributed by atoms with Crippen LogP contribution in [0.1, 0.15) is 11.5 Å². The molecule has 0 saturated heterocycles. The van der Waals surface area contributed by atoms with Crippen LogP contribution < -0.4 is 9.47 Å². The van der Waals surface area contributed by atoms with Gasteiger partial charge in [0.25, 0.3) is 0 Å². The predicted octanol–water partition coefficient (Wildman–Crippen LogP) is 3.50. The van der Waals surface area contributed by atoms with Gasteiger partial charge in [0, 0.05) is 11.5 Å². The van der Waals surface area contributed by atoms with Crippen LogP contribution in [0.2, 0.25) is 5.02 Å². The molecule has 0 radical (unpaired) electrons. The van der Waals surface area contributed by atoms with Gasteiger partial charge in [-0.15, -0.1) is 0 Å². The zero-order valence-electron chi connectivity index (χ0n) is 11.3. The number of benzene rings is 2. The van der Waals surface area contributed by atoms with Gasteiger partial charge in [-0.05, 0) is 18.2 Å². The molecule has 0 bridgehead atoms. The number of aliphatic hydroxyl groups excluding tert-OH is 1. The van der Waals surface area contributed by atoms with E-state index in [9.17, 15) is 5.11 Å². The number of hydrogen-bond acceptors (Lipinski definition) is 3. The van der Waals surface area contributed by atoms with Crippen molar-refractivity contribution < 1.29 is 14.6 Å². The van der Waals surface area contributed by atoms with Crippen molar-refractivity contribution in [2.45, 2.75) is 5.92 Å². The van der Waals surface area contributed by atoms with Gasteiger partial charge >= 0.3 is 0 Å². The van der Waals surface area contributed by atoms with Crippen LogP contribution in [-0.4, -0.2) is 25.4 Å². The first-order valence-corrected chi connectivity index (χ1v) is 6.75. The maximum Gasteiger partial charge on any atom is 0.137 e. The van der Waals surface area contributed by atoms with Gasteiger partial charge < -0.3 is 14.6 Å². The Morgan fingerprint density at radius 2 is 1.70 bits per heavy atom. The molecule has 0 fully saturated rings. The van der Waals surface area contributed by atoms with E-state index in [1.807, 2.05) is 36.4 Å². The summed E-state index contributed by atoms with van der Waals surface area (Å²) in [5.74, 6) is 1.19. The average molecular weight is 293 g/mol. The lowest BCUT2D eigenvalue weighted by Crippen LogP contribution is -2.15. The molecule has 0 spiro atoms. The first kappa shape index (κ1) is 14.7. The van der Waals surface area contributed by atoms with Gasteiger partial charge in [-0.1, -0.05) is 41.9 Å². The van der Waals surface area contributed by atoms with E-state index in [1.54, 1.807) is 19.2 Å². The minimum absolute atomic E-state index is 0.0230. The molecule has 0 aliphatic rings. The number of methoxy groups -OCH3 is 1. The summed E-state index contributed by atoms with van der Waals surface area (Å²) in [6.07, 6.45) is 0.